The van der Waals surface area contributed by atoms with Crippen molar-refractivity contribution in [3.8, 4) is 6.07 Å². The molecule has 0 saturated heterocycles. The number of nitriles is 1. The second-order valence-electron chi connectivity index (χ2n) is 3.48. The van der Waals surface area contributed by atoms with E-state index in [-0.39, 0.29) is 0 Å². The maximum absolute atomic E-state index is 8.72. The van der Waals surface area contributed by atoms with Crippen LogP contribution in [0.4, 0.5) is 0 Å². The minimum Gasteiger partial charge on any atom is -0.330 e. The van der Waals surface area contributed by atoms with Gasteiger partial charge in [0.15, 0.2) is 0 Å². The highest BCUT2D eigenvalue weighted by Crippen LogP contribution is 2.03. The third-order valence-corrected chi connectivity index (χ3v) is 2.19. The summed E-state index contributed by atoms with van der Waals surface area (Å²) in [7, 11) is 0. The summed E-state index contributed by atoms with van der Waals surface area (Å²) < 4.78 is 0. The summed E-state index contributed by atoms with van der Waals surface area (Å²) in [6, 6.07) is 9.80. The minimum atomic E-state index is 0.719. The van der Waals surface area contributed by atoms with E-state index >= 15 is 0 Å². The molecule has 1 aromatic carbocycles. The fourth-order valence-corrected chi connectivity index (χ4v) is 1.38. The average Bonchev–Trinajstić information content (AvgIpc) is 2.29. The molecule has 1 aromatic rings. The molecule has 80 valence electrons. The number of nitrogens with one attached hydrogen (secondary N) is 1. The van der Waals surface area contributed by atoms with Crippen LogP contribution in [0.25, 0.3) is 0 Å². The van der Waals surface area contributed by atoms with Gasteiger partial charge in [-0.1, -0.05) is 12.1 Å². The van der Waals surface area contributed by atoms with Gasteiger partial charge in [-0.25, -0.2) is 0 Å². The van der Waals surface area contributed by atoms with Gasteiger partial charge in [0, 0.05) is 6.54 Å². The molecule has 3 nitrogen and oxygen atoms in total. The van der Waals surface area contributed by atoms with Crippen LogP contribution in [-0.2, 0) is 6.54 Å². The zero-order valence-corrected chi connectivity index (χ0v) is 8.87. The van der Waals surface area contributed by atoms with Crippen molar-refractivity contribution in [3.63, 3.8) is 0 Å². The molecule has 0 radical (unpaired) electrons. The van der Waals surface area contributed by atoms with Gasteiger partial charge in [-0.3, -0.25) is 0 Å². The quantitative estimate of drug-likeness (QED) is 0.687. The van der Waals surface area contributed by atoms with Crippen LogP contribution in [0, 0.1) is 11.3 Å². The molecular weight excluding hydrogens is 186 g/mol. The van der Waals surface area contributed by atoms with Crippen LogP contribution in [-0.4, -0.2) is 13.1 Å². The highest BCUT2D eigenvalue weighted by atomic mass is 14.8. The fraction of sp³-hybridized carbons (Fsp3) is 0.417. The summed E-state index contributed by atoms with van der Waals surface area (Å²) in [4.78, 5) is 0. The Balaban J connectivity index is 2.28. The van der Waals surface area contributed by atoms with Crippen molar-refractivity contribution in [1.82, 2.24) is 5.32 Å². The van der Waals surface area contributed by atoms with E-state index in [4.69, 9.17) is 11.0 Å². The molecule has 1 rings (SSSR count). The van der Waals surface area contributed by atoms with Crippen molar-refractivity contribution < 1.29 is 0 Å². The van der Waals surface area contributed by atoms with Gasteiger partial charge < -0.3 is 11.1 Å². The van der Waals surface area contributed by atoms with E-state index in [1.807, 2.05) is 24.3 Å². The monoisotopic (exact) mass is 203 g/mol. The molecule has 0 aliphatic carbocycles. The van der Waals surface area contributed by atoms with Crippen LogP contribution < -0.4 is 11.1 Å². The second kappa shape index (κ2) is 6.99. The van der Waals surface area contributed by atoms with Gasteiger partial charge in [0.05, 0.1) is 11.6 Å². The first-order valence-corrected chi connectivity index (χ1v) is 5.26. The molecule has 15 heavy (non-hydrogen) atoms. The predicted molar refractivity (Wildman–Crippen MR) is 61.2 cm³/mol. The molecule has 3 heteroatoms. The number of nitrogens with zero attached hydrogens (tertiary/aromatic N) is 1. The Morgan fingerprint density at radius 1 is 1.33 bits per heavy atom. The lowest BCUT2D eigenvalue weighted by Gasteiger charge is -2.04. The molecule has 0 unspecified atom stereocenters. The van der Waals surface area contributed by atoms with Gasteiger partial charge in [-0.15, -0.1) is 0 Å². The lowest BCUT2D eigenvalue weighted by atomic mass is 10.1. The maximum Gasteiger partial charge on any atom is 0.0991 e. The van der Waals surface area contributed by atoms with E-state index in [1.54, 1.807) is 0 Å². The summed E-state index contributed by atoms with van der Waals surface area (Å²) in [5.41, 5.74) is 7.27. The van der Waals surface area contributed by atoms with Crippen molar-refractivity contribution in [2.75, 3.05) is 13.1 Å². The summed E-state index contributed by atoms with van der Waals surface area (Å²) in [6.45, 7) is 2.56. The smallest absolute Gasteiger partial charge is 0.0991 e. The lowest BCUT2D eigenvalue weighted by molar-refractivity contribution is 0.627. The minimum absolute atomic E-state index is 0.719. The Hall–Kier alpha value is -1.37. The standard InChI is InChI=1S/C12H17N3/c13-6-1-2-7-15-10-12-5-3-4-11(8-12)9-14/h3-5,8,15H,1-2,6-7,10,13H2. The number of benzene rings is 1. The number of hydrogen-bond donors (Lipinski definition) is 2. The molecule has 0 fully saturated rings. The molecule has 0 amide bonds. The van der Waals surface area contributed by atoms with Gasteiger partial charge in [0.1, 0.15) is 0 Å². The molecule has 0 bridgehead atoms. The van der Waals surface area contributed by atoms with Crippen LogP contribution in [0.5, 0.6) is 0 Å². The molecule has 0 aromatic heterocycles. The third kappa shape index (κ3) is 4.59. The zero-order valence-electron chi connectivity index (χ0n) is 8.87. The van der Waals surface area contributed by atoms with Crippen molar-refractivity contribution in [3.05, 3.63) is 35.4 Å². The van der Waals surface area contributed by atoms with Crippen molar-refractivity contribution in [1.29, 1.82) is 5.26 Å². The van der Waals surface area contributed by atoms with Crippen LogP contribution in [0.3, 0.4) is 0 Å². The first-order valence-electron chi connectivity index (χ1n) is 5.26. The Bertz CT molecular complexity index is 328. The molecular formula is C12H17N3. The Morgan fingerprint density at radius 2 is 2.20 bits per heavy atom. The Morgan fingerprint density at radius 3 is 2.93 bits per heavy atom. The third-order valence-electron chi connectivity index (χ3n) is 2.19. The Kier molecular flexibility index (Phi) is 5.46. The average molecular weight is 203 g/mol. The van der Waals surface area contributed by atoms with Gasteiger partial charge in [-0.05, 0) is 43.6 Å². The number of hydrogen-bond acceptors (Lipinski definition) is 3. The van der Waals surface area contributed by atoms with Crippen LogP contribution in [0.1, 0.15) is 24.0 Å². The first-order chi connectivity index (χ1) is 7.36. The summed E-state index contributed by atoms with van der Waals surface area (Å²) in [5.74, 6) is 0. The van der Waals surface area contributed by atoms with Crippen LogP contribution >= 0.6 is 0 Å². The molecule has 0 aliphatic rings. The normalized spacial score (nSPS) is 9.87. The van der Waals surface area contributed by atoms with Gasteiger partial charge in [-0.2, -0.15) is 5.26 Å². The fourth-order valence-electron chi connectivity index (χ4n) is 1.38. The molecule has 3 N–H and O–H groups in total. The van der Waals surface area contributed by atoms with Crippen molar-refractivity contribution in [2.24, 2.45) is 5.73 Å². The van der Waals surface area contributed by atoms with Crippen LogP contribution in [0.15, 0.2) is 24.3 Å². The number of nitrogens with two attached hydrogens (primary N) is 1. The largest absolute Gasteiger partial charge is 0.330 e. The maximum atomic E-state index is 8.72. The number of unbranched alkanes of at least 4 members (excludes halogenated alkanes) is 1. The lowest BCUT2D eigenvalue weighted by Crippen LogP contribution is -2.15. The second-order valence-corrected chi connectivity index (χ2v) is 3.48. The first kappa shape index (κ1) is 11.7. The summed E-state index contributed by atoms with van der Waals surface area (Å²) in [5, 5.41) is 12.0. The summed E-state index contributed by atoms with van der Waals surface area (Å²) >= 11 is 0. The van der Waals surface area contributed by atoms with Gasteiger partial charge in [0.2, 0.25) is 0 Å². The molecule has 0 saturated carbocycles. The van der Waals surface area contributed by atoms with Crippen molar-refractivity contribution >= 4 is 0 Å². The van der Waals surface area contributed by atoms with Gasteiger partial charge >= 0.3 is 0 Å². The van der Waals surface area contributed by atoms with E-state index in [2.05, 4.69) is 11.4 Å². The topological polar surface area (TPSA) is 61.8 Å². The zero-order chi connectivity index (χ0) is 10.9. The molecule has 0 aliphatic heterocycles. The van der Waals surface area contributed by atoms with Crippen molar-refractivity contribution in [2.45, 2.75) is 19.4 Å². The molecule has 0 heterocycles. The Labute approximate surface area is 90.9 Å². The SMILES string of the molecule is N#Cc1cccc(CNCCCCN)c1. The molecule has 0 spiro atoms. The van der Waals surface area contributed by atoms with E-state index in [0.717, 1.165) is 43.6 Å². The highest BCUT2D eigenvalue weighted by molar-refractivity contribution is 5.32. The van der Waals surface area contributed by atoms with Gasteiger partial charge in [0.25, 0.3) is 0 Å². The predicted octanol–water partition coefficient (Wildman–Crippen LogP) is 1.39. The highest BCUT2D eigenvalue weighted by Gasteiger charge is 1.94. The van der Waals surface area contributed by atoms with E-state index in [1.165, 1.54) is 0 Å². The van der Waals surface area contributed by atoms with E-state index in [0.29, 0.717) is 0 Å². The molecule has 0 atom stereocenters. The number of rotatable bonds is 6. The van der Waals surface area contributed by atoms with E-state index < -0.39 is 0 Å². The summed E-state index contributed by atoms with van der Waals surface area (Å²) in [6.07, 6.45) is 2.17. The van der Waals surface area contributed by atoms with Crippen LogP contribution in [0.2, 0.25) is 0 Å². The van der Waals surface area contributed by atoms with E-state index in [9.17, 15) is 0 Å².